The highest BCUT2D eigenvalue weighted by molar-refractivity contribution is 6.08. The van der Waals surface area contributed by atoms with E-state index in [4.69, 9.17) is 14.2 Å². The number of ether oxygens (including phenoxy) is 3. The van der Waals surface area contributed by atoms with Crippen LogP contribution in [0.2, 0.25) is 0 Å². The number of hydrogen-bond acceptors (Lipinski definition) is 6. The number of methoxy groups -OCH3 is 1. The van der Waals surface area contributed by atoms with Crippen molar-refractivity contribution in [3.63, 3.8) is 0 Å². The lowest BCUT2D eigenvalue weighted by atomic mass is 9.92. The number of carbonyl (C=O) groups excluding carboxylic acids is 3. The van der Waals surface area contributed by atoms with Crippen molar-refractivity contribution in [1.29, 1.82) is 0 Å². The molecule has 10 heteroatoms. The molecule has 3 N–H and O–H groups in total. The molecule has 1 fully saturated rings. The molecule has 0 aromatic heterocycles. The molecule has 0 saturated carbocycles. The van der Waals surface area contributed by atoms with Crippen LogP contribution in [0.3, 0.4) is 0 Å². The van der Waals surface area contributed by atoms with Crippen molar-refractivity contribution >= 4 is 18.0 Å². The molecule has 156 valence electrons. The van der Waals surface area contributed by atoms with Crippen LogP contribution in [0.1, 0.15) is 18.1 Å². The van der Waals surface area contributed by atoms with E-state index >= 15 is 0 Å². The standard InChI is InChI=1S/C20H20N4O6/c1-20(13-4-3-5-14(9-13)28-2)17(25)24(19(27)22-20)23-18(26)21-10-12-6-7-15-16(8-12)30-11-29-15/h3-9H,10-11H2,1-2H3,(H,22,27)(H2,21,23,26). The molecule has 2 aliphatic rings. The number of benzene rings is 2. The van der Waals surface area contributed by atoms with E-state index in [1.54, 1.807) is 49.4 Å². The Bertz CT molecular complexity index is 1030. The zero-order valence-electron chi connectivity index (χ0n) is 16.4. The average Bonchev–Trinajstić information content (AvgIpc) is 3.30. The Morgan fingerprint density at radius 2 is 2.00 bits per heavy atom. The molecule has 2 heterocycles. The van der Waals surface area contributed by atoms with Crippen molar-refractivity contribution in [1.82, 2.24) is 21.1 Å². The third-order valence-electron chi connectivity index (χ3n) is 4.94. The van der Waals surface area contributed by atoms with Gasteiger partial charge in [0, 0.05) is 6.54 Å². The van der Waals surface area contributed by atoms with Crippen molar-refractivity contribution in [3.05, 3.63) is 53.6 Å². The summed E-state index contributed by atoms with van der Waals surface area (Å²) >= 11 is 0. The fraction of sp³-hybridized carbons (Fsp3) is 0.250. The molecular formula is C20H20N4O6. The number of rotatable bonds is 5. The van der Waals surface area contributed by atoms with Gasteiger partial charge in [-0.15, -0.1) is 0 Å². The fourth-order valence-electron chi connectivity index (χ4n) is 3.24. The van der Waals surface area contributed by atoms with E-state index in [2.05, 4.69) is 16.1 Å². The van der Waals surface area contributed by atoms with Gasteiger partial charge in [-0.25, -0.2) is 15.0 Å². The van der Waals surface area contributed by atoms with Gasteiger partial charge in [0.15, 0.2) is 11.5 Å². The number of nitrogens with one attached hydrogen (secondary N) is 3. The summed E-state index contributed by atoms with van der Waals surface area (Å²) in [6.45, 7) is 1.89. The Balaban J connectivity index is 1.41. The first kappa shape index (κ1) is 19.4. The van der Waals surface area contributed by atoms with Crippen LogP contribution < -0.4 is 30.3 Å². The molecule has 2 aromatic carbocycles. The molecule has 5 amide bonds. The maximum Gasteiger partial charge on any atom is 0.344 e. The summed E-state index contributed by atoms with van der Waals surface area (Å²) in [5, 5.41) is 5.88. The van der Waals surface area contributed by atoms with E-state index in [-0.39, 0.29) is 13.3 Å². The van der Waals surface area contributed by atoms with Gasteiger partial charge in [0.25, 0.3) is 5.91 Å². The summed E-state index contributed by atoms with van der Waals surface area (Å²) in [5.74, 6) is 1.17. The van der Waals surface area contributed by atoms with E-state index < -0.39 is 23.5 Å². The highest BCUT2D eigenvalue weighted by Crippen LogP contribution is 2.32. The second-order valence-corrected chi connectivity index (χ2v) is 6.91. The predicted molar refractivity (Wildman–Crippen MR) is 104 cm³/mol. The van der Waals surface area contributed by atoms with Gasteiger partial charge in [-0.05, 0) is 42.3 Å². The van der Waals surface area contributed by atoms with Crippen LogP contribution >= 0.6 is 0 Å². The van der Waals surface area contributed by atoms with Gasteiger partial charge >= 0.3 is 12.1 Å². The summed E-state index contributed by atoms with van der Waals surface area (Å²) in [6.07, 6.45) is 0. The Morgan fingerprint density at radius 3 is 2.80 bits per heavy atom. The van der Waals surface area contributed by atoms with E-state index in [1.807, 2.05) is 0 Å². The van der Waals surface area contributed by atoms with Crippen LogP contribution in [0.4, 0.5) is 9.59 Å². The number of amides is 5. The van der Waals surface area contributed by atoms with Crippen molar-refractivity contribution in [2.75, 3.05) is 13.9 Å². The molecule has 1 saturated heterocycles. The van der Waals surface area contributed by atoms with E-state index in [0.29, 0.717) is 27.8 Å². The summed E-state index contributed by atoms with van der Waals surface area (Å²) < 4.78 is 15.7. The fourth-order valence-corrected chi connectivity index (χ4v) is 3.24. The number of urea groups is 2. The first-order chi connectivity index (χ1) is 14.4. The maximum absolute atomic E-state index is 12.9. The lowest BCUT2D eigenvalue weighted by Crippen LogP contribution is -2.51. The van der Waals surface area contributed by atoms with Crippen molar-refractivity contribution in [2.24, 2.45) is 0 Å². The lowest BCUT2D eigenvalue weighted by molar-refractivity contribution is -0.132. The predicted octanol–water partition coefficient (Wildman–Crippen LogP) is 1.61. The van der Waals surface area contributed by atoms with Crippen molar-refractivity contribution in [2.45, 2.75) is 19.0 Å². The van der Waals surface area contributed by atoms with Crippen LogP contribution in [-0.2, 0) is 16.9 Å². The normalized spacial score (nSPS) is 19.5. The average molecular weight is 412 g/mol. The van der Waals surface area contributed by atoms with Gasteiger partial charge in [-0.2, -0.15) is 5.01 Å². The van der Waals surface area contributed by atoms with Gasteiger partial charge in [0.2, 0.25) is 6.79 Å². The van der Waals surface area contributed by atoms with Gasteiger partial charge in [0.05, 0.1) is 7.11 Å². The Morgan fingerprint density at radius 1 is 1.20 bits per heavy atom. The minimum atomic E-state index is -1.34. The monoisotopic (exact) mass is 412 g/mol. The van der Waals surface area contributed by atoms with Crippen molar-refractivity contribution < 1.29 is 28.6 Å². The lowest BCUT2D eigenvalue weighted by Gasteiger charge is -2.22. The van der Waals surface area contributed by atoms with Crippen LogP contribution in [0, 0.1) is 0 Å². The minimum absolute atomic E-state index is 0.158. The van der Waals surface area contributed by atoms with Gasteiger partial charge in [-0.1, -0.05) is 18.2 Å². The van der Waals surface area contributed by atoms with Gasteiger partial charge in [-0.3, -0.25) is 4.79 Å². The number of fused-ring (bicyclic) bond motifs is 1. The highest BCUT2D eigenvalue weighted by atomic mass is 16.7. The smallest absolute Gasteiger partial charge is 0.344 e. The molecule has 0 bridgehead atoms. The highest BCUT2D eigenvalue weighted by Gasteiger charge is 2.50. The molecular weight excluding hydrogens is 392 g/mol. The van der Waals surface area contributed by atoms with E-state index in [9.17, 15) is 14.4 Å². The summed E-state index contributed by atoms with van der Waals surface area (Å²) in [5.41, 5.74) is 2.26. The third kappa shape index (κ3) is 3.43. The van der Waals surface area contributed by atoms with Gasteiger partial charge in [0.1, 0.15) is 11.3 Å². The van der Waals surface area contributed by atoms with Crippen LogP contribution in [0.15, 0.2) is 42.5 Å². The Kier molecular flexibility index (Phi) is 4.82. The first-order valence-electron chi connectivity index (χ1n) is 9.15. The third-order valence-corrected chi connectivity index (χ3v) is 4.94. The largest absolute Gasteiger partial charge is 0.497 e. The van der Waals surface area contributed by atoms with Crippen LogP contribution in [0.5, 0.6) is 17.2 Å². The zero-order valence-corrected chi connectivity index (χ0v) is 16.4. The van der Waals surface area contributed by atoms with Crippen LogP contribution in [-0.4, -0.2) is 36.9 Å². The first-order valence-corrected chi connectivity index (χ1v) is 9.15. The van der Waals surface area contributed by atoms with Crippen molar-refractivity contribution in [3.8, 4) is 17.2 Å². The Hall–Kier alpha value is -3.95. The molecule has 0 spiro atoms. The zero-order chi connectivity index (χ0) is 21.3. The summed E-state index contributed by atoms with van der Waals surface area (Å²) in [6, 6.07) is 10.6. The van der Waals surface area contributed by atoms with E-state index in [1.165, 1.54) is 7.11 Å². The molecule has 30 heavy (non-hydrogen) atoms. The number of hydrazine groups is 1. The number of nitrogens with zero attached hydrogens (tertiary/aromatic N) is 1. The van der Waals surface area contributed by atoms with Gasteiger partial charge < -0.3 is 24.8 Å². The summed E-state index contributed by atoms with van der Waals surface area (Å²) in [4.78, 5) is 37.5. The number of imide groups is 1. The SMILES string of the molecule is COc1cccc(C2(C)NC(=O)N(NC(=O)NCc3ccc4c(c3)OCO4)C2=O)c1. The summed E-state index contributed by atoms with van der Waals surface area (Å²) in [7, 11) is 1.51. The maximum atomic E-state index is 12.9. The topological polar surface area (TPSA) is 118 Å². The van der Waals surface area contributed by atoms with Crippen LogP contribution in [0.25, 0.3) is 0 Å². The second kappa shape index (κ2) is 7.47. The number of carbonyl (C=O) groups is 3. The molecule has 1 atom stereocenters. The second-order valence-electron chi connectivity index (χ2n) is 6.91. The quantitative estimate of drug-likeness (QED) is 0.642. The minimum Gasteiger partial charge on any atom is -0.497 e. The molecule has 2 aromatic rings. The molecule has 10 nitrogen and oxygen atoms in total. The molecule has 4 rings (SSSR count). The molecule has 1 unspecified atom stereocenters. The molecule has 0 radical (unpaired) electrons. The molecule has 2 aliphatic heterocycles. The molecule has 0 aliphatic carbocycles. The van der Waals surface area contributed by atoms with E-state index in [0.717, 1.165) is 5.56 Å². The number of hydrogen-bond donors (Lipinski definition) is 3. The Labute approximate surface area is 172 Å².